The summed E-state index contributed by atoms with van der Waals surface area (Å²) in [5, 5.41) is 9.02. The lowest BCUT2D eigenvalue weighted by atomic mass is 10.1. The molecule has 0 bridgehead atoms. The van der Waals surface area contributed by atoms with E-state index in [9.17, 15) is 0 Å². The summed E-state index contributed by atoms with van der Waals surface area (Å²) in [7, 11) is 0. The third kappa shape index (κ3) is 5.63. The minimum absolute atomic E-state index is 0.250. The number of benzene rings is 1. The molecule has 0 fully saturated rings. The van der Waals surface area contributed by atoms with Gasteiger partial charge in [0.05, 0.1) is 25.6 Å². The van der Waals surface area contributed by atoms with Crippen molar-refractivity contribution in [1.82, 2.24) is 19.1 Å². The Hall–Kier alpha value is -2.00. The van der Waals surface area contributed by atoms with Gasteiger partial charge in [0.25, 0.3) is 0 Å². The second-order valence-corrected chi connectivity index (χ2v) is 10.8. The van der Waals surface area contributed by atoms with E-state index in [1.165, 1.54) is 11.5 Å². The average molecular weight is 511 g/mol. The molecule has 4 rings (SSSR count). The summed E-state index contributed by atoms with van der Waals surface area (Å²) in [6.07, 6.45) is 4.13. The molecule has 0 aliphatic heterocycles. The van der Waals surface area contributed by atoms with Gasteiger partial charge in [-0.15, -0.1) is 11.8 Å². The molecule has 3 heterocycles. The topological polar surface area (TPSA) is 77.7 Å². The van der Waals surface area contributed by atoms with E-state index in [2.05, 4.69) is 23.3 Å². The molecular weight excluding hydrogens is 495 g/mol. The Bertz CT molecular complexity index is 1210. The molecule has 0 aliphatic rings. The number of aryl methyl sites for hydroxylation is 1. The van der Waals surface area contributed by atoms with Crippen LogP contribution in [-0.2, 0) is 9.59 Å². The molecule has 1 aromatic carbocycles. The van der Waals surface area contributed by atoms with E-state index >= 15 is 0 Å². The molecule has 0 aliphatic carbocycles. The summed E-state index contributed by atoms with van der Waals surface area (Å²) in [6.45, 7) is 6.34. The average Bonchev–Trinajstić information content (AvgIpc) is 3.44. The Labute approximate surface area is 201 Å². The van der Waals surface area contributed by atoms with Crippen molar-refractivity contribution in [2.24, 2.45) is 0 Å². The van der Waals surface area contributed by atoms with Crippen LogP contribution in [0, 0.1) is 6.92 Å². The van der Waals surface area contributed by atoms with Crippen LogP contribution in [0.5, 0.6) is 0 Å². The molecule has 0 N–H and O–H groups in total. The van der Waals surface area contributed by atoms with Crippen molar-refractivity contribution in [2.45, 2.75) is 30.2 Å². The standard InChI is InChI=1S/C19H16Cl2N4S3.CO2/c1-10(2)27-18-17(12-4-5-15(20)16(21)6-12)23-19(28-18)25-8-14(11(3)24-25)13-7-22-26-9-13;2-1-3/h4-10H,1-3H3;. The van der Waals surface area contributed by atoms with Crippen molar-refractivity contribution < 1.29 is 9.59 Å². The van der Waals surface area contributed by atoms with Gasteiger partial charge >= 0.3 is 6.15 Å². The van der Waals surface area contributed by atoms with E-state index in [-0.39, 0.29) is 6.15 Å². The van der Waals surface area contributed by atoms with Gasteiger partial charge in [0, 0.05) is 39.7 Å². The van der Waals surface area contributed by atoms with Gasteiger partial charge in [-0.1, -0.05) is 54.5 Å². The number of rotatable bonds is 5. The monoisotopic (exact) mass is 510 g/mol. The molecule has 0 spiro atoms. The molecule has 0 saturated heterocycles. The molecule has 4 aromatic rings. The summed E-state index contributed by atoms with van der Waals surface area (Å²) in [4.78, 5) is 21.1. The maximum absolute atomic E-state index is 8.12. The Morgan fingerprint density at radius 3 is 2.52 bits per heavy atom. The first-order chi connectivity index (χ1) is 14.8. The maximum atomic E-state index is 8.12. The maximum Gasteiger partial charge on any atom is 0.373 e. The third-order valence-electron chi connectivity index (χ3n) is 3.96. The number of hydrogen-bond acceptors (Lipinski definition) is 8. The lowest BCUT2D eigenvalue weighted by Gasteiger charge is -2.05. The summed E-state index contributed by atoms with van der Waals surface area (Å²) in [5.74, 6) is 0. The van der Waals surface area contributed by atoms with Gasteiger partial charge in [-0.3, -0.25) is 0 Å². The van der Waals surface area contributed by atoms with Crippen LogP contribution in [0.4, 0.5) is 0 Å². The number of thiazole rings is 1. The van der Waals surface area contributed by atoms with Crippen molar-refractivity contribution in [3.63, 3.8) is 0 Å². The number of halogens is 2. The second kappa shape index (κ2) is 10.5. The van der Waals surface area contributed by atoms with E-state index in [1.807, 2.05) is 47.6 Å². The quantitative estimate of drug-likeness (QED) is 0.279. The summed E-state index contributed by atoms with van der Waals surface area (Å²) < 4.78 is 7.17. The highest BCUT2D eigenvalue weighted by Crippen LogP contribution is 2.41. The van der Waals surface area contributed by atoms with Gasteiger partial charge in [0.1, 0.15) is 0 Å². The summed E-state index contributed by atoms with van der Waals surface area (Å²) in [5.41, 5.74) is 4.95. The lowest BCUT2D eigenvalue weighted by molar-refractivity contribution is -0.191. The van der Waals surface area contributed by atoms with Crippen LogP contribution in [0.3, 0.4) is 0 Å². The molecule has 3 aromatic heterocycles. The Morgan fingerprint density at radius 2 is 1.90 bits per heavy atom. The number of hydrogen-bond donors (Lipinski definition) is 0. The lowest BCUT2D eigenvalue weighted by Crippen LogP contribution is -1.94. The molecule has 31 heavy (non-hydrogen) atoms. The highest BCUT2D eigenvalue weighted by atomic mass is 35.5. The van der Waals surface area contributed by atoms with Gasteiger partial charge in [0.2, 0.25) is 5.13 Å². The first-order valence-electron chi connectivity index (χ1n) is 8.92. The fourth-order valence-corrected chi connectivity index (χ4v) is 5.97. The zero-order valence-electron chi connectivity index (χ0n) is 16.6. The minimum atomic E-state index is 0.250. The SMILES string of the molecule is Cc1nn(-c2nc(-c3ccc(Cl)c(Cl)c3)c(SC(C)C)s2)cc1-c1cnsc1.O=C=O. The van der Waals surface area contributed by atoms with Crippen LogP contribution in [0.25, 0.3) is 27.5 Å². The van der Waals surface area contributed by atoms with Crippen molar-refractivity contribution in [3.05, 3.63) is 51.7 Å². The first kappa shape index (κ1) is 23.7. The largest absolute Gasteiger partial charge is 0.373 e. The van der Waals surface area contributed by atoms with Crippen molar-refractivity contribution in [1.29, 1.82) is 0 Å². The van der Waals surface area contributed by atoms with E-state index in [4.69, 9.17) is 37.8 Å². The van der Waals surface area contributed by atoms with E-state index in [0.717, 1.165) is 37.4 Å². The molecule has 6 nitrogen and oxygen atoms in total. The second-order valence-electron chi connectivity index (χ2n) is 6.50. The van der Waals surface area contributed by atoms with Crippen LogP contribution in [0.15, 0.2) is 40.2 Å². The van der Waals surface area contributed by atoms with E-state index in [0.29, 0.717) is 15.3 Å². The molecule has 0 amide bonds. The zero-order chi connectivity index (χ0) is 22.5. The highest BCUT2D eigenvalue weighted by molar-refractivity contribution is 8.01. The summed E-state index contributed by atoms with van der Waals surface area (Å²) in [6, 6.07) is 5.62. The zero-order valence-corrected chi connectivity index (χ0v) is 20.6. The normalized spacial score (nSPS) is 10.6. The van der Waals surface area contributed by atoms with Crippen molar-refractivity contribution in [2.75, 3.05) is 0 Å². The van der Waals surface area contributed by atoms with Crippen LogP contribution in [0.2, 0.25) is 10.0 Å². The summed E-state index contributed by atoms with van der Waals surface area (Å²) >= 11 is 17.2. The van der Waals surface area contributed by atoms with Gasteiger partial charge < -0.3 is 0 Å². The molecular formula is C20H16Cl2N4O2S3. The minimum Gasteiger partial charge on any atom is -0.217 e. The molecule has 0 unspecified atom stereocenters. The Kier molecular flexibility index (Phi) is 8.05. The van der Waals surface area contributed by atoms with Crippen LogP contribution < -0.4 is 0 Å². The Morgan fingerprint density at radius 1 is 1.16 bits per heavy atom. The molecule has 0 saturated carbocycles. The number of nitrogens with zero attached hydrogens (tertiary/aromatic N) is 4. The highest BCUT2D eigenvalue weighted by Gasteiger charge is 2.19. The predicted octanol–water partition coefficient (Wildman–Crippen LogP) is 6.65. The van der Waals surface area contributed by atoms with Crippen LogP contribution in [0.1, 0.15) is 19.5 Å². The number of thioether (sulfide) groups is 1. The number of carbonyl (C=O) groups excluding carboxylic acids is 2. The van der Waals surface area contributed by atoms with Crippen LogP contribution in [-0.4, -0.2) is 30.5 Å². The smallest absolute Gasteiger partial charge is 0.217 e. The van der Waals surface area contributed by atoms with Gasteiger partial charge in [-0.05, 0) is 30.6 Å². The van der Waals surface area contributed by atoms with E-state index in [1.54, 1.807) is 23.1 Å². The van der Waals surface area contributed by atoms with E-state index < -0.39 is 0 Å². The van der Waals surface area contributed by atoms with Gasteiger partial charge in [-0.2, -0.15) is 14.7 Å². The molecule has 0 atom stereocenters. The molecule has 11 heteroatoms. The third-order valence-corrected chi connectivity index (χ3v) is 7.54. The fourth-order valence-electron chi connectivity index (χ4n) is 2.69. The van der Waals surface area contributed by atoms with Crippen molar-refractivity contribution in [3.8, 4) is 27.5 Å². The van der Waals surface area contributed by atoms with Gasteiger partial charge in [0.15, 0.2) is 0 Å². The first-order valence-corrected chi connectivity index (χ1v) is 12.2. The molecule has 0 radical (unpaired) electrons. The Balaban J connectivity index is 0.000000858. The number of aromatic nitrogens is 4. The van der Waals surface area contributed by atoms with Crippen molar-refractivity contribution >= 4 is 64.0 Å². The molecule has 160 valence electrons. The fraction of sp³-hybridized carbons (Fsp3) is 0.200. The van der Waals surface area contributed by atoms with Crippen LogP contribution >= 0.6 is 57.8 Å². The predicted molar refractivity (Wildman–Crippen MR) is 127 cm³/mol. The van der Waals surface area contributed by atoms with Gasteiger partial charge in [-0.25, -0.2) is 14.0 Å².